The second kappa shape index (κ2) is 7.14. The lowest BCUT2D eigenvalue weighted by molar-refractivity contribution is -0.137. The van der Waals surface area contributed by atoms with Crippen LogP contribution in [0.15, 0.2) is 0 Å². The van der Waals surface area contributed by atoms with Crippen molar-refractivity contribution < 1.29 is 14.7 Å². The average molecular weight is 242 g/mol. The number of rotatable bonds is 4. The van der Waals surface area contributed by atoms with Crippen LogP contribution in [0, 0.1) is 5.92 Å². The van der Waals surface area contributed by atoms with Gasteiger partial charge in [0.2, 0.25) is 0 Å². The van der Waals surface area contributed by atoms with Crippen molar-refractivity contribution in [2.75, 3.05) is 19.6 Å². The van der Waals surface area contributed by atoms with Crippen LogP contribution >= 0.6 is 0 Å². The molecular weight excluding hydrogens is 220 g/mol. The van der Waals surface area contributed by atoms with Crippen LogP contribution in [0.25, 0.3) is 0 Å². The van der Waals surface area contributed by atoms with E-state index < -0.39 is 5.97 Å². The number of hydrogen-bond donors (Lipinski definition) is 2. The maximum atomic E-state index is 11.8. The molecule has 2 N–H and O–H groups in total. The number of likely N-dealkylation sites (tertiary alicyclic amines) is 1. The SMILES string of the molecule is CC(CNC(=O)N1CCCCCC1)CC(=O)O. The van der Waals surface area contributed by atoms with Crippen LogP contribution in [-0.4, -0.2) is 41.6 Å². The molecule has 1 saturated heterocycles. The van der Waals surface area contributed by atoms with Crippen LogP contribution in [0.4, 0.5) is 4.79 Å². The molecule has 98 valence electrons. The molecule has 1 rings (SSSR count). The van der Waals surface area contributed by atoms with Gasteiger partial charge in [0.15, 0.2) is 0 Å². The Labute approximate surface area is 102 Å². The van der Waals surface area contributed by atoms with Crippen molar-refractivity contribution in [3.8, 4) is 0 Å². The van der Waals surface area contributed by atoms with Crippen LogP contribution in [0.2, 0.25) is 0 Å². The van der Waals surface area contributed by atoms with Gasteiger partial charge in [-0.25, -0.2) is 4.79 Å². The minimum atomic E-state index is -0.818. The van der Waals surface area contributed by atoms with Gasteiger partial charge in [0.05, 0.1) is 0 Å². The zero-order chi connectivity index (χ0) is 12.7. The Bertz CT molecular complexity index is 260. The molecule has 0 bridgehead atoms. The van der Waals surface area contributed by atoms with Gasteiger partial charge in [-0.15, -0.1) is 0 Å². The zero-order valence-corrected chi connectivity index (χ0v) is 10.4. The van der Waals surface area contributed by atoms with Crippen LogP contribution in [0.1, 0.15) is 39.0 Å². The molecule has 1 fully saturated rings. The number of carboxylic acids is 1. The quantitative estimate of drug-likeness (QED) is 0.788. The van der Waals surface area contributed by atoms with E-state index in [1.807, 2.05) is 11.8 Å². The van der Waals surface area contributed by atoms with E-state index in [9.17, 15) is 9.59 Å². The standard InChI is InChI=1S/C12H22N2O3/c1-10(8-11(15)16)9-13-12(17)14-6-4-2-3-5-7-14/h10H,2-9H2,1H3,(H,13,17)(H,15,16). The summed E-state index contributed by atoms with van der Waals surface area (Å²) in [5.74, 6) is -0.843. The third-order valence-corrected chi connectivity index (χ3v) is 3.02. The molecule has 2 amide bonds. The molecule has 0 aromatic heterocycles. The van der Waals surface area contributed by atoms with Gasteiger partial charge in [0.1, 0.15) is 0 Å². The molecule has 0 radical (unpaired) electrons. The van der Waals surface area contributed by atoms with E-state index in [1.165, 1.54) is 12.8 Å². The number of carbonyl (C=O) groups excluding carboxylic acids is 1. The lowest BCUT2D eigenvalue weighted by Crippen LogP contribution is -2.42. The first-order valence-electron chi connectivity index (χ1n) is 6.34. The fraction of sp³-hybridized carbons (Fsp3) is 0.833. The molecule has 1 atom stereocenters. The lowest BCUT2D eigenvalue weighted by Gasteiger charge is -2.21. The summed E-state index contributed by atoms with van der Waals surface area (Å²) in [6.07, 6.45) is 4.62. The van der Waals surface area contributed by atoms with Crippen molar-refractivity contribution >= 4 is 12.0 Å². The summed E-state index contributed by atoms with van der Waals surface area (Å²) in [4.78, 5) is 24.1. The molecular formula is C12H22N2O3. The summed E-state index contributed by atoms with van der Waals surface area (Å²) in [5, 5.41) is 11.4. The molecule has 1 aliphatic rings. The Hall–Kier alpha value is -1.26. The van der Waals surface area contributed by atoms with Crippen molar-refractivity contribution in [1.29, 1.82) is 0 Å². The normalized spacial score (nSPS) is 18.3. The highest BCUT2D eigenvalue weighted by molar-refractivity contribution is 5.74. The van der Waals surface area contributed by atoms with Crippen molar-refractivity contribution in [2.45, 2.75) is 39.0 Å². The molecule has 5 heteroatoms. The Morgan fingerprint density at radius 1 is 1.24 bits per heavy atom. The predicted molar refractivity (Wildman–Crippen MR) is 64.9 cm³/mol. The van der Waals surface area contributed by atoms with Gasteiger partial charge < -0.3 is 15.3 Å². The second-order valence-electron chi connectivity index (χ2n) is 4.79. The highest BCUT2D eigenvalue weighted by Crippen LogP contribution is 2.09. The highest BCUT2D eigenvalue weighted by Gasteiger charge is 2.16. The first-order chi connectivity index (χ1) is 8.09. The van der Waals surface area contributed by atoms with Gasteiger partial charge in [-0.3, -0.25) is 4.79 Å². The molecule has 0 aliphatic carbocycles. The molecule has 17 heavy (non-hydrogen) atoms. The molecule has 1 heterocycles. The number of nitrogens with one attached hydrogen (secondary N) is 1. The fourth-order valence-electron chi connectivity index (χ4n) is 2.02. The Morgan fingerprint density at radius 3 is 2.35 bits per heavy atom. The maximum absolute atomic E-state index is 11.8. The van der Waals surface area contributed by atoms with Crippen molar-refractivity contribution in [3.05, 3.63) is 0 Å². The van der Waals surface area contributed by atoms with E-state index in [0.29, 0.717) is 6.54 Å². The molecule has 0 saturated carbocycles. The van der Waals surface area contributed by atoms with Gasteiger partial charge in [0, 0.05) is 26.1 Å². The van der Waals surface area contributed by atoms with Crippen molar-refractivity contribution in [3.63, 3.8) is 0 Å². The maximum Gasteiger partial charge on any atom is 0.317 e. The van der Waals surface area contributed by atoms with E-state index in [2.05, 4.69) is 5.32 Å². The highest BCUT2D eigenvalue weighted by atomic mass is 16.4. The van der Waals surface area contributed by atoms with Gasteiger partial charge in [-0.1, -0.05) is 19.8 Å². The van der Waals surface area contributed by atoms with Crippen LogP contribution in [0.5, 0.6) is 0 Å². The van der Waals surface area contributed by atoms with Gasteiger partial charge in [-0.05, 0) is 18.8 Å². The van der Waals surface area contributed by atoms with Crippen molar-refractivity contribution in [1.82, 2.24) is 10.2 Å². The first kappa shape index (κ1) is 13.8. The molecule has 1 aliphatic heterocycles. The smallest absolute Gasteiger partial charge is 0.317 e. The largest absolute Gasteiger partial charge is 0.481 e. The van der Waals surface area contributed by atoms with Gasteiger partial charge in [-0.2, -0.15) is 0 Å². The van der Waals surface area contributed by atoms with E-state index >= 15 is 0 Å². The number of carbonyl (C=O) groups is 2. The van der Waals surface area contributed by atoms with Crippen molar-refractivity contribution in [2.24, 2.45) is 5.92 Å². The lowest BCUT2D eigenvalue weighted by atomic mass is 10.1. The minimum absolute atomic E-state index is 0.0246. The summed E-state index contributed by atoms with van der Waals surface area (Å²) in [7, 11) is 0. The third-order valence-electron chi connectivity index (χ3n) is 3.02. The molecule has 5 nitrogen and oxygen atoms in total. The van der Waals surface area contributed by atoms with Gasteiger partial charge in [0.25, 0.3) is 0 Å². The number of aliphatic carboxylic acids is 1. The fourth-order valence-corrected chi connectivity index (χ4v) is 2.02. The van der Waals surface area contributed by atoms with Crippen LogP contribution in [-0.2, 0) is 4.79 Å². The second-order valence-corrected chi connectivity index (χ2v) is 4.79. The summed E-state index contributed by atoms with van der Waals surface area (Å²) < 4.78 is 0. The summed E-state index contributed by atoms with van der Waals surface area (Å²) in [6.45, 7) is 3.90. The molecule has 0 aromatic carbocycles. The Morgan fingerprint density at radius 2 is 1.82 bits per heavy atom. The zero-order valence-electron chi connectivity index (χ0n) is 10.4. The minimum Gasteiger partial charge on any atom is -0.481 e. The number of hydrogen-bond acceptors (Lipinski definition) is 2. The number of carboxylic acid groups (broad SMARTS) is 1. The molecule has 1 unspecified atom stereocenters. The number of amides is 2. The van der Waals surface area contributed by atoms with E-state index in [4.69, 9.17) is 5.11 Å². The van der Waals surface area contributed by atoms with E-state index in [-0.39, 0.29) is 18.4 Å². The summed E-state index contributed by atoms with van der Waals surface area (Å²) >= 11 is 0. The van der Waals surface area contributed by atoms with Gasteiger partial charge >= 0.3 is 12.0 Å². The van der Waals surface area contributed by atoms with E-state index in [1.54, 1.807) is 0 Å². The number of urea groups is 1. The third kappa shape index (κ3) is 5.56. The summed E-state index contributed by atoms with van der Waals surface area (Å²) in [5.41, 5.74) is 0. The first-order valence-corrected chi connectivity index (χ1v) is 6.34. The number of nitrogens with zero attached hydrogens (tertiary/aromatic N) is 1. The average Bonchev–Trinajstić information content (AvgIpc) is 2.53. The van der Waals surface area contributed by atoms with Crippen LogP contribution in [0.3, 0.4) is 0 Å². The Balaban J connectivity index is 2.25. The topological polar surface area (TPSA) is 69.6 Å². The molecule has 0 spiro atoms. The molecule has 0 aromatic rings. The summed E-state index contributed by atoms with van der Waals surface area (Å²) in [6, 6.07) is -0.0517. The Kier molecular flexibility index (Phi) is 5.80. The monoisotopic (exact) mass is 242 g/mol. The predicted octanol–water partition coefficient (Wildman–Crippen LogP) is 1.68. The van der Waals surface area contributed by atoms with E-state index in [0.717, 1.165) is 25.9 Å². The van der Waals surface area contributed by atoms with Crippen LogP contribution < -0.4 is 5.32 Å².